The van der Waals surface area contributed by atoms with Crippen LogP contribution in [0.5, 0.6) is 0 Å². The first-order chi connectivity index (χ1) is 9.51. The van der Waals surface area contributed by atoms with Gasteiger partial charge in [0.1, 0.15) is 16.7 Å². The molecular weight excluding hydrogens is 296 g/mol. The number of nitrogens with zero attached hydrogens (tertiary/aromatic N) is 2. The zero-order valence-electron chi connectivity index (χ0n) is 11.7. The van der Waals surface area contributed by atoms with Crippen molar-refractivity contribution in [3.8, 4) is 0 Å². The highest BCUT2D eigenvalue weighted by Gasteiger charge is 2.16. The largest absolute Gasteiger partial charge is 0.358 e. The van der Waals surface area contributed by atoms with Crippen molar-refractivity contribution in [1.29, 1.82) is 0 Å². The molecule has 7 heteroatoms. The minimum Gasteiger partial charge on any atom is -0.358 e. The Labute approximate surface area is 126 Å². The molecule has 2 N–H and O–H groups in total. The van der Waals surface area contributed by atoms with Crippen molar-refractivity contribution in [3.05, 3.63) is 16.2 Å². The molecule has 0 aliphatic rings. The summed E-state index contributed by atoms with van der Waals surface area (Å²) >= 11 is 7.48. The molecule has 0 aromatic carbocycles. The molecule has 0 saturated carbocycles. The van der Waals surface area contributed by atoms with E-state index in [0.29, 0.717) is 12.4 Å². The first-order valence-electron chi connectivity index (χ1n) is 6.49. The highest BCUT2D eigenvalue weighted by atomic mass is 35.5. The van der Waals surface area contributed by atoms with E-state index in [1.165, 1.54) is 0 Å². The SMILES string of the molecule is CCCNC(=O)C(C)Nc1nc(Cl)nc2sc(C)cc12. The van der Waals surface area contributed by atoms with Crippen LogP contribution in [0.3, 0.4) is 0 Å². The predicted octanol–water partition coefficient (Wildman–Crippen LogP) is 2.98. The van der Waals surface area contributed by atoms with E-state index in [1.807, 2.05) is 19.9 Å². The fraction of sp³-hybridized carbons (Fsp3) is 0.462. The molecule has 0 aliphatic carbocycles. The van der Waals surface area contributed by atoms with Crippen LogP contribution in [0.4, 0.5) is 5.82 Å². The van der Waals surface area contributed by atoms with Crippen LogP contribution < -0.4 is 10.6 Å². The van der Waals surface area contributed by atoms with E-state index in [9.17, 15) is 4.79 Å². The summed E-state index contributed by atoms with van der Waals surface area (Å²) in [4.78, 5) is 22.2. The number of nitrogens with one attached hydrogen (secondary N) is 2. The van der Waals surface area contributed by atoms with E-state index >= 15 is 0 Å². The van der Waals surface area contributed by atoms with Gasteiger partial charge in [-0.3, -0.25) is 4.79 Å². The number of carbonyl (C=O) groups excluding carboxylic acids is 1. The Morgan fingerprint density at radius 3 is 2.95 bits per heavy atom. The Morgan fingerprint density at radius 1 is 1.50 bits per heavy atom. The smallest absolute Gasteiger partial charge is 0.242 e. The van der Waals surface area contributed by atoms with Crippen molar-refractivity contribution in [2.45, 2.75) is 33.2 Å². The summed E-state index contributed by atoms with van der Waals surface area (Å²) in [6.45, 7) is 6.48. The van der Waals surface area contributed by atoms with Crippen molar-refractivity contribution in [1.82, 2.24) is 15.3 Å². The zero-order chi connectivity index (χ0) is 14.7. The molecule has 0 spiro atoms. The number of fused-ring (bicyclic) bond motifs is 1. The van der Waals surface area contributed by atoms with Gasteiger partial charge in [0.25, 0.3) is 0 Å². The van der Waals surface area contributed by atoms with Gasteiger partial charge in [0, 0.05) is 11.4 Å². The molecule has 2 aromatic rings. The van der Waals surface area contributed by atoms with Gasteiger partial charge in [-0.2, -0.15) is 0 Å². The predicted molar refractivity (Wildman–Crippen MR) is 83.5 cm³/mol. The number of anilines is 1. The molecule has 108 valence electrons. The summed E-state index contributed by atoms with van der Waals surface area (Å²) in [6, 6.07) is 1.62. The van der Waals surface area contributed by atoms with Gasteiger partial charge in [-0.05, 0) is 37.9 Å². The lowest BCUT2D eigenvalue weighted by Gasteiger charge is -2.14. The summed E-state index contributed by atoms with van der Waals surface area (Å²) in [7, 11) is 0. The average Bonchev–Trinajstić information content (AvgIpc) is 2.76. The Bertz CT molecular complexity index is 628. The molecule has 0 saturated heterocycles. The number of hydrogen-bond acceptors (Lipinski definition) is 5. The van der Waals surface area contributed by atoms with Gasteiger partial charge >= 0.3 is 0 Å². The van der Waals surface area contributed by atoms with Gasteiger partial charge in [0.2, 0.25) is 11.2 Å². The van der Waals surface area contributed by atoms with Gasteiger partial charge in [-0.1, -0.05) is 6.92 Å². The third-order valence-corrected chi connectivity index (χ3v) is 3.90. The van der Waals surface area contributed by atoms with E-state index in [4.69, 9.17) is 11.6 Å². The molecule has 1 unspecified atom stereocenters. The van der Waals surface area contributed by atoms with E-state index in [0.717, 1.165) is 21.5 Å². The Kier molecular flexibility index (Phi) is 4.77. The number of amides is 1. The van der Waals surface area contributed by atoms with Crippen LogP contribution in [0, 0.1) is 6.92 Å². The molecular formula is C13H17ClN4OS. The Balaban J connectivity index is 2.22. The fourth-order valence-corrected chi connectivity index (χ4v) is 2.90. The first-order valence-corrected chi connectivity index (χ1v) is 7.68. The molecule has 2 heterocycles. The number of aryl methyl sites for hydroxylation is 1. The van der Waals surface area contributed by atoms with Crippen molar-refractivity contribution < 1.29 is 4.79 Å². The summed E-state index contributed by atoms with van der Waals surface area (Å²) < 4.78 is 0. The van der Waals surface area contributed by atoms with Crippen molar-refractivity contribution in [2.24, 2.45) is 0 Å². The highest BCUT2D eigenvalue weighted by Crippen LogP contribution is 2.29. The lowest BCUT2D eigenvalue weighted by molar-refractivity contribution is -0.121. The van der Waals surface area contributed by atoms with Gasteiger partial charge in [0.15, 0.2) is 0 Å². The third kappa shape index (κ3) is 3.37. The van der Waals surface area contributed by atoms with Crippen LogP contribution in [0.2, 0.25) is 5.28 Å². The van der Waals surface area contributed by atoms with Crippen LogP contribution in [-0.2, 0) is 4.79 Å². The van der Waals surface area contributed by atoms with Gasteiger partial charge in [-0.15, -0.1) is 11.3 Å². The van der Waals surface area contributed by atoms with Gasteiger partial charge < -0.3 is 10.6 Å². The number of rotatable bonds is 5. The Hall–Kier alpha value is -1.40. The average molecular weight is 313 g/mol. The number of hydrogen-bond donors (Lipinski definition) is 2. The number of aromatic nitrogens is 2. The fourth-order valence-electron chi connectivity index (χ4n) is 1.80. The molecule has 20 heavy (non-hydrogen) atoms. The van der Waals surface area contributed by atoms with Gasteiger partial charge in [0.05, 0.1) is 5.39 Å². The monoisotopic (exact) mass is 312 g/mol. The normalized spacial score (nSPS) is 12.4. The molecule has 2 rings (SSSR count). The summed E-state index contributed by atoms with van der Waals surface area (Å²) in [5.74, 6) is 0.546. The number of thiophene rings is 1. The van der Waals surface area contributed by atoms with Crippen molar-refractivity contribution >= 4 is 44.9 Å². The van der Waals surface area contributed by atoms with Gasteiger partial charge in [-0.25, -0.2) is 9.97 Å². The topological polar surface area (TPSA) is 66.9 Å². The lowest BCUT2D eigenvalue weighted by atomic mass is 10.2. The molecule has 2 aromatic heterocycles. The second-order valence-electron chi connectivity index (χ2n) is 4.57. The summed E-state index contributed by atoms with van der Waals surface area (Å²) in [5.41, 5.74) is 0. The van der Waals surface area contributed by atoms with E-state index in [-0.39, 0.29) is 17.2 Å². The number of halogens is 1. The minimum absolute atomic E-state index is 0.0540. The minimum atomic E-state index is -0.379. The van der Waals surface area contributed by atoms with Crippen LogP contribution in [0.1, 0.15) is 25.1 Å². The standard InChI is InChI=1S/C13H17ClN4OS/c1-4-5-15-11(19)8(3)16-10-9-6-7(2)20-12(9)18-13(14)17-10/h6,8H,4-5H2,1-3H3,(H,15,19)(H,16,17,18). The van der Waals surface area contributed by atoms with Crippen LogP contribution in [-0.4, -0.2) is 28.5 Å². The first kappa shape index (κ1) is 15.0. The molecule has 1 atom stereocenters. The Morgan fingerprint density at radius 2 is 2.25 bits per heavy atom. The zero-order valence-corrected chi connectivity index (χ0v) is 13.2. The maximum absolute atomic E-state index is 11.9. The maximum atomic E-state index is 11.9. The molecule has 1 amide bonds. The number of carbonyl (C=O) groups is 1. The van der Waals surface area contributed by atoms with Crippen LogP contribution in [0.25, 0.3) is 10.2 Å². The molecule has 5 nitrogen and oxygen atoms in total. The van der Waals surface area contributed by atoms with Crippen molar-refractivity contribution in [3.63, 3.8) is 0 Å². The second-order valence-corrected chi connectivity index (χ2v) is 6.15. The summed E-state index contributed by atoms with van der Waals surface area (Å²) in [6.07, 6.45) is 0.908. The molecule has 0 bridgehead atoms. The van der Waals surface area contributed by atoms with E-state index < -0.39 is 0 Å². The molecule has 0 aliphatic heterocycles. The highest BCUT2D eigenvalue weighted by molar-refractivity contribution is 7.18. The lowest BCUT2D eigenvalue weighted by Crippen LogP contribution is -2.38. The van der Waals surface area contributed by atoms with E-state index in [2.05, 4.69) is 20.6 Å². The second kappa shape index (κ2) is 6.37. The molecule has 0 radical (unpaired) electrons. The molecule has 0 fully saturated rings. The summed E-state index contributed by atoms with van der Waals surface area (Å²) in [5, 5.41) is 7.03. The van der Waals surface area contributed by atoms with Crippen LogP contribution >= 0.6 is 22.9 Å². The quantitative estimate of drug-likeness (QED) is 0.833. The van der Waals surface area contributed by atoms with E-state index in [1.54, 1.807) is 18.3 Å². The third-order valence-electron chi connectivity index (χ3n) is 2.78. The van der Waals surface area contributed by atoms with Crippen molar-refractivity contribution in [2.75, 3.05) is 11.9 Å². The van der Waals surface area contributed by atoms with Crippen LogP contribution in [0.15, 0.2) is 6.07 Å². The maximum Gasteiger partial charge on any atom is 0.242 e.